The summed E-state index contributed by atoms with van der Waals surface area (Å²) >= 11 is 0. The van der Waals surface area contributed by atoms with E-state index in [-0.39, 0.29) is 24.4 Å². The number of hydrogen-bond acceptors (Lipinski definition) is 4. The summed E-state index contributed by atoms with van der Waals surface area (Å²) in [5, 5.41) is 10.5. The van der Waals surface area contributed by atoms with Gasteiger partial charge in [-0.25, -0.2) is 9.67 Å². The number of benzene rings is 1. The number of carbonyl (C=O) groups excluding carboxylic acids is 1. The third-order valence-electron chi connectivity index (χ3n) is 4.40. The lowest BCUT2D eigenvalue weighted by molar-refractivity contribution is -0.122. The normalized spacial score (nSPS) is 18.0. The van der Waals surface area contributed by atoms with Gasteiger partial charge >= 0.3 is 0 Å². The van der Waals surface area contributed by atoms with Crippen LogP contribution in [0.4, 0.5) is 0 Å². The summed E-state index contributed by atoms with van der Waals surface area (Å²) in [6.07, 6.45) is 5.94. The molecule has 1 aliphatic rings. The van der Waals surface area contributed by atoms with Crippen molar-refractivity contribution in [2.75, 3.05) is 13.1 Å². The van der Waals surface area contributed by atoms with Crippen molar-refractivity contribution in [2.24, 2.45) is 5.92 Å². The Bertz CT molecular complexity index is 623. The molecule has 2 aromatic rings. The highest BCUT2D eigenvalue weighted by molar-refractivity contribution is 5.85. The van der Waals surface area contributed by atoms with Crippen LogP contribution in [0, 0.1) is 5.92 Å². The van der Waals surface area contributed by atoms with Crippen molar-refractivity contribution in [3.63, 3.8) is 0 Å². The van der Waals surface area contributed by atoms with Gasteiger partial charge in [-0.3, -0.25) is 4.79 Å². The van der Waals surface area contributed by atoms with Crippen LogP contribution in [-0.2, 0) is 4.79 Å². The minimum absolute atomic E-state index is 0. The van der Waals surface area contributed by atoms with Gasteiger partial charge in [0.15, 0.2) is 0 Å². The summed E-state index contributed by atoms with van der Waals surface area (Å²) in [4.78, 5) is 16.0. The number of hydrogen-bond donors (Lipinski definition) is 2. The summed E-state index contributed by atoms with van der Waals surface area (Å²) in [6.45, 7) is 4.15. The predicted octanol–water partition coefficient (Wildman–Crippen LogP) is 2.26. The predicted molar refractivity (Wildman–Crippen MR) is 95.4 cm³/mol. The molecule has 1 aliphatic heterocycles. The first-order valence-electron chi connectivity index (χ1n) is 8.17. The van der Waals surface area contributed by atoms with E-state index in [9.17, 15) is 4.79 Å². The van der Waals surface area contributed by atoms with Gasteiger partial charge in [0, 0.05) is 6.42 Å². The molecule has 3 rings (SSSR count). The lowest BCUT2D eigenvalue weighted by atomic mass is 10.0. The Labute approximate surface area is 148 Å². The van der Waals surface area contributed by atoms with Crippen molar-refractivity contribution >= 4 is 18.3 Å². The SMILES string of the molecule is CC(NC(=O)CCC1CCNC1)c1ccc(-n2cncn2)cc1.Cl. The van der Waals surface area contributed by atoms with Crippen LogP contribution in [-0.4, -0.2) is 33.8 Å². The lowest BCUT2D eigenvalue weighted by Gasteiger charge is -2.16. The van der Waals surface area contributed by atoms with E-state index in [0.29, 0.717) is 12.3 Å². The van der Waals surface area contributed by atoms with Crippen LogP contribution in [0.15, 0.2) is 36.9 Å². The Balaban J connectivity index is 0.00000208. The zero-order chi connectivity index (χ0) is 16.1. The summed E-state index contributed by atoms with van der Waals surface area (Å²) in [6, 6.07) is 8.01. The molecule has 1 fully saturated rings. The second-order valence-corrected chi connectivity index (χ2v) is 6.12. The summed E-state index contributed by atoms with van der Waals surface area (Å²) in [5.74, 6) is 0.780. The number of nitrogens with one attached hydrogen (secondary N) is 2. The first kappa shape index (κ1) is 18.4. The second-order valence-electron chi connectivity index (χ2n) is 6.12. The van der Waals surface area contributed by atoms with Gasteiger partial charge in [0.05, 0.1) is 11.7 Å². The molecule has 2 unspecified atom stereocenters. The fraction of sp³-hybridized carbons (Fsp3) is 0.471. The van der Waals surface area contributed by atoms with E-state index in [2.05, 4.69) is 20.7 Å². The molecule has 0 bridgehead atoms. The molecule has 0 aliphatic carbocycles. The first-order chi connectivity index (χ1) is 11.2. The van der Waals surface area contributed by atoms with E-state index >= 15 is 0 Å². The van der Waals surface area contributed by atoms with Crippen molar-refractivity contribution in [2.45, 2.75) is 32.2 Å². The van der Waals surface area contributed by atoms with Crippen molar-refractivity contribution in [1.82, 2.24) is 25.4 Å². The molecule has 7 heteroatoms. The average Bonchev–Trinajstić information content (AvgIpc) is 3.26. The molecule has 1 aromatic heterocycles. The monoisotopic (exact) mass is 349 g/mol. The Morgan fingerprint density at radius 3 is 2.83 bits per heavy atom. The summed E-state index contributed by atoms with van der Waals surface area (Å²) in [5.41, 5.74) is 2.04. The molecular weight excluding hydrogens is 326 g/mol. The minimum atomic E-state index is 0. The summed E-state index contributed by atoms with van der Waals surface area (Å²) < 4.78 is 1.71. The standard InChI is InChI=1S/C17H23N5O.ClH/c1-13(21-17(23)7-2-14-8-9-18-10-14)15-3-5-16(6-4-15)22-12-19-11-20-22;/h3-6,11-14,18H,2,7-10H2,1H3,(H,21,23);1H. The van der Waals surface area contributed by atoms with E-state index in [1.807, 2.05) is 31.2 Å². The van der Waals surface area contributed by atoms with Crippen LogP contribution in [0.5, 0.6) is 0 Å². The number of carbonyl (C=O) groups is 1. The third-order valence-corrected chi connectivity index (χ3v) is 4.40. The van der Waals surface area contributed by atoms with E-state index in [0.717, 1.165) is 30.8 Å². The van der Waals surface area contributed by atoms with Gasteiger partial charge in [0.25, 0.3) is 0 Å². The largest absolute Gasteiger partial charge is 0.350 e. The number of rotatable bonds is 6. The molecule has 2 atom stereocenters. The molecule has 6 nitrogen and oxygen atoms in total. The minimum Gasteiger partial charge on any atom is -0.350 e. The van der Waals surface area contributed by atoms with Crippen LogP contribution >= 0.6 is 12.4 Å². The molecule has 130 valence electrons. The number of nitrogens with zero attached hydrogens (tertiary/aromatic N) is 3. The Morgan fingerprint density at radius 1 is 1.42 bits per heavy atom. The van der Waals surface area contributed by atoms with Crippen molar-refractivity contribution in [3.8, 4) is 5.69 Å². The van der Waals surface area contributed by atoms with Gasteiger partial charge in [-0.05, 0) is 56.5 Å². The Kier molecular flexibility index (Phi) is 6.75. The number of aromatic nitrogens is 3. The average molecular weight is 350 g/mol. The Morgan fingerprint density at radius 2 is 2.21 bits per heavy atom. The zero-order valence-electron chi connectivity index (χ0n) is 13.8. The molecule has 2 N–H and O–H groups in total. The molecule has 1 aromatic carbocycles. The fourth-order valence-electron chi connectivity index (χ4n) is 2.95. The lowest BCUT2D eigenvalue weighted by Crippen LogP contribution is -2.27. The van der Waals surface area contributed by atoms with Gasteiger partial charge in [-0.15, -0.1) is 12.4 Å². The van der Waals surface area contributed by atoms with E-state index in [1.165, 1.54) is 12.7 Å². The van der Waals surface area contributed by atoms with Crippen LogP contribution in [0.1, 0.15) is 37.8 Å². The molecular formula is C17H24ClN5O. The molecule has 0 spiro atoms. The van der Waals surface area contributed by atoms with Gasteiger partial charge in [-0.2, -0.15) is 5.10 Å². The summed E-state index contributed by atoms with van der Waals surface area (Å²) in [7, 11) is 0. The quantitative estimate of drug-likeness (QED) is 0.839. The zero-order valence-corrected chi connectivity index (χ0v) is 14.6. The molecule has 0 saturated carbocycles. The molecule has 1 saturated heterocycles. The first-order valence-corrected chi connectivity index (χ1v) is 8.17. The number of halogens is 1. The maximum absolute atomic E-state index is 12.1. The van der Waals surface area contributed by atoms with E-state index in [1.54, 1.807) is 11.0 Å². The molecule has 0 radical (unpaired) electrons. The molecule has 1 amide bonds. The van der Waals surface area contributed by atoms with Crippen molar-refractivity contribution in [1.29, 1.82) is 0 Å². The maximum Gasteiger partial charge on any atom is 0.220 e. The highest BCUT2D eigenvalue weighted by Crippen LogP contribution is 2.17. The highest BCUT2D eigenvalue weighted by Gasteiger charge is 2.16. The number of amides is 1. The van der Waals surface area contributed by atoms with Crippen molar-refractivity contribution < 1.29 is 4.79 Å². The van der Waals surface area contributed by atoms with Crippen LogP contribution in [0.2, 0.25) is 0 Å². The second kappa shape index (κ2) is 8.80. The molecule has 2 heterocycles. The maximum atomic E-state index is 12.1. The smallest absolute Gasteiger partial charge is 0.220 e. The van der Waals surface area contributed by atoms with Crippen LogP contribution in [0.25, 0.3) is 5.69 Å². The Hall–Kier alpha value is -1.92. The van der Waals surface area contributed by atoms with Gasteiger partial charge < -0.3 is 10.6 Å². The van der Waals surface area contributed by atoms with E-state index in [4.69, 9.17) is 0 Å². The van der Waals surface area contributed by atoms with Crippen molar-refractivity contribution in [3.05, 3.63) is 42.5 Å². The van der Waals surface area contributed by atoms with E-state index < -0.39 is 0 Å². The third kappa shape index (κ3) is 4.79. The van der Waals surface area contributed by atoms with Crippen LogP contribution < -0.4 is 10.6 Å². The van der Waals surface area contributed by atoms with Gasteiger partial charge in [0.1, 0.15) is 12.7 Å². The molecule has 24 heavy (non-hydrogen) atoms. The fourth-order valence-corrected chi connectivity index (χ4v) is 2.95. The van der Waals surface area contributed by atoms with Crippen LogP contribution in [0.3, 0.4) is 0 Å². The topological polar surface area (TPSA) is 71.8 Å². The highest BCUT2D eigenvalue weighted by atomic mass is 35.5. The van der Waals surface area contributed by atoms with Gasteiger partial charge in [0.2, 0.25) is 5.91 Å². The van der Waals surface area contributed by atoms with Gasteiger partial charge in [-0.1, -0.05) is 12.1 Å².